The summed E-state index contributed by atoms with van der Waals surface area (Å²) >= 11 is 0. The molecular formula is C19H28N6. The standard InChI is InChI=1S/C19H28N6/c1-2-3-6-17-12-18(25-11-4-5-15(21)13-25)24-19(23-17)22-16-9-7-14(20)8-10-16/h7-10,12,15H,2-6,11,13,20-21H2,1H3,(H,22,23,24)/t15-/m1/s1. The lowest BCUT2D eigenvalue weighted by atomic mass is 10.1. The number of hydrogen-bond donors (Lipinski definition) is 3. The maximum Gasteiger partial charge on any atom is 0.229 e. The van der Waals surface area contributed by atoms with Crippen molar-refractivity contribution in [3.63, 3.8) is 0 Å². The van der Waals surface area contributed by atoms with E-state index in [1.165, 1.54) is 0 Å². The summed E-state index contributed by atoms with van der Waals surface area (Å²) in [6.45, 7) is 4.05. The van der Waals surface area contributed by atoms with Gasteiger partial charge in [0.15, 0.2) is 0 Å². The summed E-state index contributed by atoms with van der Waals surface area (Å²) in [7, 11) is 0. The molecule has 6 nitrogen and oxygen atoms in total. The molecule has 0 unspecified atom stereocenters. The Morgan fingerprint density at radius 2 is 2.04 bits per heavy atom. The van der Waals surface area contributed by atoms with Gasteiger partial charge in [0.2, 0.25) is 5.95 Å². The fraction of sp³-hybridized carbons (Fsp3) is 0.474. The summed E-state index contributed by atoms with van der Waals surface area (Å²) in [5, 5.41) is 3.30. The van der Waals surface area contributed by atoms with Gasteiger partial charge in [-0.3, -0.25) is 0 Å². The molecule has 1 aromatic heterocycles. The second kappa shape index (κ2) is 8.16. The van der Waals surface area contributed by atoms with Gasteiger partial charge in [0.05, 0.1) is 0 Å². The smallest absolute Gasteiger partial charge is 0.229 e. The predicted octanol–water partition coefficient (Wildman–Crippen LogP) is 3.07. The largest absolute Gasteiger partial charge is 0.399 e. The van der Waals surface area contributed by atoms with Gasteiger partial charge < -0.3 is 21.7 Å². The van der Waals surface area contributed by atoms with Crippen molar-refractivity contribution in [3.05, 3.63) is 36.0 Å². The topological polar surface area (TPSA) is 93.1 Å². The van der Waals surface area contributed by atoms with Crippen LogP contribution in [0.1, 0.15) is 38.3 Å². The monoisotopic (exact) mass is 340 g/mol. The van der Waals surface area contributed by atoms with Crippen LogP contribution < -0.4 is 21.7 Å². The highest BCUT2D eigenvalue weighted by atomic mass is 15.2. The highest BCUT2D eigenvalue weighted by Gasteiger charge is 2.19. The first-order valence-corrected chi connectivity index (χ1v) is 9.15. The van der Waals surface area contributed by atoms with Crippen LogP contribution in [-0.4, -0.2) is 29.1 Å². The van der Waals surface area contributed by atoms with Crippen molar-refractivity contribution in [2.75, 3.05) is 29.0 Å². The van der Waals surface area contributed by atoms with Gasteiger partial charge in [-0.1, -0.05) is 13.3 Å². The van der Waals surface area contributed by atoms with E-state index in [4.69, 9.17) is 21.4 Å². The van der Waals surface area contributed by atoms with Crippen molar-refractivity contribution < 1.29 is 0 Å². The van der Waals surface area contributed by atoms with E-state index in [0.29, 0.717) is 5.95 Å². The fourth-order valence-electron chi connectivity index (χ4n) is 3.10. The third-order valence-corrected chi connectivity index (χ3v) is 4.50. The first kappa shape index (κ1) is 17.5. The molecular weight excluding hydrogens is 312 g/mol. The van der Waals surface area contributed by atoms with Gasteiger partial charge in [0.25, 0.3) is 0 Å². The van der Waals surface area contributed by atoms with E-state index in [1.54, 1.807) is 0 Å². The SMILES string of the molecule is CCCCc1cc(N2CCC[C@@H](N)C2)nc(Nc2ccc(N)cc2)n1. The van der Waals surface area contributed by atoms with Crippen LogP contribution in [0, 0.1) is 0 Å². The van der Waals surface area contributed by atoms with Crippen LogP contribution >= 0.6 is 0 Å². The molecule has 25 heavy (non-hydrogen) atoms. The Balaban J connectivity index is 1.85. The molecule has 1 saturated heterocycles. The van der Waals surface area contributed by atoms with Crippen molar-refractivity contribution in [1.82, 2.24) is 9.97 Å². The Kier molecular flexibility index (Phi) is 5.71. The van der Waals surface area contributed by atoms with Crippen LogP contribution in [0.15, 0.2) is 30.3 Å². The number of aryl methyl sites for hydroxylation is 1. The lowest BCUT2D eigenvalue weighted by Crippen LogP contribution is -2.43. The fourth-order valence-corrected chi connectivity index (χ4v) is 3.10. The molecule has 2 heterocycles. The average molecular weight is 340 g/mol. The number of hydrogen-bond acceptors (Lipinski definition) is 6. The quantitative estimate of drug-likeness (QED) is 0.700. The molecule has 6 heteroatoms. The second-order valence-corrected chi connectivity index (χ2v) is 6.74. The van der Waals surface area contributed by atoms with Crippen LogP contribution in [0.25, 0.3) is 0 Å². The molecule has 1 aliphatic rings. The number of nitrogens with two attached hydrogens (primary N) is 2. The van der Waals surface area contributed by atoms with Crippen LogP contribution in [0.4, 0.5) is 23.1 Å². The van der Waals surface area contributed by atoms with Gasteiger partial charge in [0, 0.05) is 42.3 Å². The lowest BCUT2D eigenvalue weighted by Gasteiger charge is -2.32. The molecule has 1 aromatic carbocycles. The van der Waals surface area contributed by atoms with Crippen LogP contribution in [0.2, 0.25) is 0 Å². The lowest BCUT2D eigenvalue weighted by molar-refractivity contribution is 0.503. The summed E-state index contributed by atoms with van der Waals surface area (Å²) in [4.78, 5) is 11.7. The van der Waals surface area contributed by atoms with Gasteiger partial charge >= 0.3 is 0 Å². The zero-order valence-electron chi connectivity index (χ0n) is 14.9. The first-order chi connectivity index (χ1) is 12.1. The normalized spacial score (nSPS) is 17.5. The highest BCUT2D eigenvalue weighted by molar-refractivity contribution is 5.58. The first-order valence-electron chi connectivity index (χ1n) is 9.15. The van der Waals surface area contributed by atoms with Crippen LogP contribution in [-0.2, 0) is 6.42 Å². The third kappa shape index (κ3) is 4.82. The molecule has 1 aliphatic heterocycles. The van der Waals surface area contributed by atoms with E-state index in [9.17, 15) is 0 Å². The molecule has 0 radical (unpaired) electrons. The number of nitrogens with one attached hydrogen (secondary N) is 1. The summed E-state index contributed by atoms with van der Waals surface area (Å²) in [5.74, 6) is 1.60. The van der Waals surface area contributed by atoms with Gasteiger partial charge in [0.1, 0.15) is 5.82 Å². The Labute approximate surface area is 149 Å². The second-order valence-electron chi connectivity index (χ2n) is 6.74. The Bertz CT molecular complexity index is 685. The summed E-state index contributed by atoms with van der Waals surface area (Å²) in [6.07, 6.45) is 5.42. The highest BCUT2D eigenvalue weighted by Crippen LogP contribution is 2.22. The minimum Gasteiger partial charge on any atom is -0.399 e. The molecule has 3 rings (SSSR count). The van der Waals surface area contributed by atoms with Gasteiger partial charge in [-0.05, 0) is 49.9 Å². The number of nitrogen functional groups attached to an aromatic ring is 1. The van der Waals surface area contributed by atoms with E-state index in [1.807, 2.05) is 24.3 Å². The van der Waals surface area contributed by atoms with Crippen LogP contribution in [0.3, 0.4) is 0 Å². The maximum atomic E-state index is 6.14. The number of benzene rings is 1. The van der Waals surface area contributed by atoms with E-state index in [2.05, 4.69) is 23.2 Å². The third-order valence-electron chi connectivity index (χ3n) is 4.50. The average Bonchev–Trinajstić information content (AvgIpc) is 2.62. The summed E-state index contributed by atoms with van der Waals surface area (Å²) in [6, 6.07) is 9.95. The molecule has 0 saturated carbocycles. The Morgan fingerprint density at radius 3 is 2.76 bits per heavy atom. The van der Waals surface area contributed by atoms with Gasteiger partial charge in [-0.2, -0.15) is 4.98 Å². The molecule has 0 aliphatic carbocycles. The van der Waals surface area contributed by atoms with Crippen molar-refractivity contribution in [2.24, 2.45) is 5.73 Å². The number of unbranched alkanes of at least 4 members (excludes halogenated alkanes) is 1. The maximum absolute atomic E-state index is 6.14. The molecule has 134 valence electrons. The Hall–Kier alpha value is -2.34. The zero-order valence-corrected chi connectivity index (χ0v) is 14.9. The summed E-state index contributed by atoms with van der Waals surface area (Å²) in [5.41, 5.74) is 14.6. The van der Waals surface area contributed by atoms with E-state index >= 15 is 0 Å². The molecule has 5 N–H and O–H groups in total. The van der Waals surface area contributed by atoms with Crippen molar-refractivity contribution in [1.29, 1.82) is 0 Å². The molecule has 2 aromatic rings. The van der Waals surface area contributed by atoms with Gasteiger partial charge in [-0.15, -0.1) is 0 Å². The summed E-state index contributed by atoms with van der Waals surface area (Å²) < 4.78 is 0. The van der Waals surface area contributed by atoms with Gasteiger partial charge in [-0.25, -0.2) is 4.98 Å². The number of nitrogens with zero attached hydrogens (tertiary/aromatic N) is 3. The van der Waals surface area contributed by atoms with Crippen molar-refractivity contribution in [2.45, 2.75) is 45.1 Å². The predicted molar refractivity (Wildman–Crippen MR) is 104 cm³/mol. The number of rotatable bonds is 6. The minimum absolute atomic E-state index is 0.219. The molecule has 1 fully saturated rings. The number of aromatic nitrogens is 2. The van der Waals surface area contributed by atoms with Crippen molar-refractivity contribution in [3.8, 4) is 0 Å². The van der Waals surface area contributed by atoms with E-state index < -0.39 is 0 Å². The van der Waals surface area contributed by atoms with E-state index in [-0.39, 0.29) is 6.04 Å². The minimum atomic E-state index is 0.219. The number of anilines is 4. The van der Waals surface area contributed by atoms with Crippen LogP contribution in [0.5, 0.6) is 0 Å². The molecule has 0 bridgehead atoms. The zero-order chi connectivity index (χ0) is 17.6. The molecule has 0 spiro atoms. The Morgan fingerprint density at radius 1 is 1.24 bits per heavy atom. The molecule has 1 atom stereocenters. The van der Waals surface area contributed by atoms with Crippen molar-refractivity contribution >= 4 is 23.1 Å². The molecule has 0 amide bonds. The number of piperidine rings is 1. The van der Waals surface area contributed by atoms with E-state index in [0.717, 1.165) is 68.1 Å².